The summed E-state index contributed by atoms with van der Waals surface area (Å²) in [6.07, 6.45) is 1.00. The largest absolute Gasteiger partial charge is 0.459 e. The second-order valence-corrected chi connectivity index (χ2v) is 10.2. The SMILES string of the molecule is Cc1ccccc1Nc1nc(C2(C)CC3(CC(COCCC(C)C)OC3=O)C(=O)O2)cs1. The molecule has 0 bridgehead atoms. The van der Waals surface area contributed by atoms with Crippen molar-refractivity contribution in [3.05, 3.63) is 40.9 Å². The first kappa shape index (κ1) is 22.7. The van der Waals surface area contributed by atoms with Crippen LogP contribution in [0.25, 0.3) is 0 Å². The van der Waals surface area contributed by atoms with Crippen molar-refractivity contribution in [2.75, 3.05) is 18.5 Å². The monoisotopic (exact) mass is 458 g/mol. The molecule has 8 heteroatoms. The maximum absolute atomic E-state index is 12.9. The topological polar surface area (TPSA) is 86.8 Å². The molecule has 0 saturated carbocycles. The highest BCUT2D eigenvalue weighted by atomic mass is 32.1. The molecule has 2 aliphatic heterocycles. The van der Waals surface area contributed by atoms with E-state index in [0.29, 0.717) is 30.0 Å². The number of rotatable bonds is 8. The number of para-hydroxylation sites is 1. The van der Waals surface area contributed by atoms with Gasteiger partial charge in [0, 0.05) is 30.5 Å². The number of hydrogen-bond donors (Lipinski definition) is 1. The average molecular weight is 459 g/mol. The van der Waals surface area contributed by atoms with Crippen LogP contribution in [0, 0.1) is 18.3 Å². The summed E-state index contributed by atoms with van der Waals surface area (Å²) in [6.45, 7) is 9.00. The summed E-state index contributed by atoms with van der Waals surface area (Å²) in [7, 11) is 0. The van der Waals surface area contributed by atoms with Crippen molar-refractivity contribution in [3.8, 4) is 0 Å². The predicted molar refractivity (Wildman–Crippen MR) is 122 cm³/mol. The smallest absolute Gasteiger partial charge is 0.324 e. The number of esters is 2. The van der Waals surface area contributed by atoms with Gasteiger partial charge in [0.25, 0.3) is 0 Å². The van der Waals surface area contributed by atoms with Crippen LogP contribution in [-0.4, -0.2) is 36.2 Å². The number of carbonyl (C=O) groups excluding carboxylic acids is 2. The number of anilines is 2. The van der Waals surface area contributed by atoms with Gasteiger partial charge in [0.2, 0.25) is 0 Å². The van der Waals surface area contributed by atoms with Crippen LogP contribution in [0.1, 0.15) is 51.3 Å². The minimum Gasteiger partial charge on any atom is -0.459 e. The first-order valence-corrected chi connectivity index (χ1v) is 11.9. The van der Waals surface area contributed by atoms with Gasteiger partial charge >= 0.3 is 11.9 Å². The van der Waals surface area contributed by atoms with Crippen molar-refractivity contribution in [3.63, 3.8) is 0 Å². The summed E-state index contributed by atoms with van der Waals surface area (Å²) in [5.41, 5.74) is 0.447. The Morgan fingerprint density at radius 1 is 1.28 bits per heavy atom. The molecule has 1 N–H and O–H groups in total. The fourth-order valence-electron chi connectivity index (χ4n) is 4.25. The van der Waals surface area contributed by atoms with Crippen LogP contribution in [0.2, 0.25) is 0 Å². The number of nitrogens with one attached hydrogen (secondary N) is 1. The van der Waals surface area contributed by atoms with E-state index in [9.17, 15) is 9.59 Å². The number of carbonyl (C=O) groups is 2. The lowest BCUT2D eigenvalue weighted by atomic mass is 9.78. The minimum absolute atomic E-state index is 0.216. The van der Waals surface area contributed by atoms with E-state index >= 15 is 0 Å². The zero-order valence-corrected chi connectivity index (χ0v) is 19.8. The molecule has 0 amide bonds. The summed E-state index contributed by atoms with van der Waals surface area (Å²) >= 11 is 1.44. The average Bonchev–Trinajstić information content (AvgIpc) is 3.39. The van der Waals surface area contributed by atoms with E-state index in [1.807, 2.05) is 43.5 Å². The summed E-state index contributed by atoms with van der Waals surface area (Å²) < 4.78 is 17.0. The molecule has 1 aromatic carbocycles. The third kappa shape index (κ3) is 4.38. The normalized spacial score (nSPS) is 27.2. The lowest BCUT2D eigenvalue weighted by Crippen LogP contribution is -2.32. The summed E-state index contributed by atoms with van der Waals surface area (Å²) in [5.74, 6) is -0.505. The standard InChI is InChI=1S/C24H30N2O5S/c1-15(2)9-10-29-12-17-11-24(20(27)30-17)14-23(4,31-21(24)28)19-13-32-22(26-19)25-18-8-6-5-7-16(18)3/h5-8,13,15,17H,9-12,14H2,1-4H3,(H,25,26). The first-order chi connectivity index (χ1) is 15.2. The molecule has 2 aliphatic rings. The number of hydrogen-bond acceptors (Lipinski definition) is 8. The molecule has 3 unspecified atom stereocenters. The van der Waals surface area contributed by atoms with Crippen LogP contribution in [-0.2, 0) is 29.4 Å². The van der Waals surface area contributed by atoms with Gasteiger partial charge in [0.15, 0.2) is 16.1 Å². The van der Waals surface area contributed by atoms with Gasteiger partial charge in [-0.1, -0.05) is 32.0 Å². The molecule has 0 aliphatic carbocycles. The number of thiazole rings is 1. The highest BCUT2D eigenvalue weighted by Crippen LogP contribution is 2.52. The van der Waals surface area contributed by atoms with Crippen molar-refractivity contribution in [1.82, 2.24) is 4.98 Å². The number of cyclic esters (lactones) is 2. The molecule has 32 heavy (non-hydrogen) atoms. The Hall–Kier alpha value is -2.45. The van der Waals surface area contributed by atoms with Crippen molar-refractivity contribution in [2.45, 2.75) is 58.7 Å². The Labute approximate surface area is 192 Å². The second kappa shape index (κ2) is 8.83. The number of aryl methyl sites for hydroxylation is 1. The molecular weight excluding hydrogens is 428 g/mol. The highest BCUT2D eigenvalue weighted by molar-refractivity contribution is 7.13. The van der Waals surface area contributed by atoms with Gasteiger partial charge in [-0.15, -0.1) is 11.3 Å². The van der Waals surface area contributed by atoms with E-state index in [0.717, 1.165) is 17.7 Å². The molecule has 172 valence electrons. The van der Waals surface area contributed by atoms with Crippen LogP contribution in [0.5, 0.6) is 0 Å². The van der Waals surface area contributed by atoms with Crippen LogP contribution in [0.3, 0.4) is 0 Å². The zero-order chi connectivity index (χ0) is 22.9. The molecule has 1 spiro atoms. The summed E-state index contributed by atoms with van der Waals surface area (Å²) in [5, 5.41) is 5.90. The Morgan fingerprint density at radius 3 is 2.81 bits per heavy atom. The molecule has 2 fully saturated rings. The molecule has 4 rings (SSSR count). The van der Waals surface area contributed by atoms with Gasteiger partial charge in [-0.25, -0.2) is 4.98 Å². The van der Waals surface area contributed by atoms with Gasteiger partial charge < -0.3 is 19.5 Å². The van der Waals surface area contributed by atoms with E-state index in [2.05, 4.69) is 24.1 Å². The molecule has 2 aromatic rings. The zero-order valence-electron chi connectivity index (χ0n) is 19.0. The lowest BCUT2D eigenvalue weighted by molar-refractivity contribution is -0.160. The van der Waals surface area contributed by atoms with Crippen LogP contribution >= 0.6 is 11.3 Å². The molecule has 7 nitrogen and oxygen atoms in total. The van der Waals surface area contributed by atoms with Gasteiger partial charge in [-0.3, -0.25) is 9.59 Å². The molecule has 1 aromatic heterocycles. The van der Waals surface area contributed by atoms with E-state index in [4.69, 9.17) is 14.2 Å². The number of ether oxygens (including phenoxy) is 3. The minimum atomic E-state index is -1.28. The highest BCUT2D eigenvalue weighted by Gasteiger charge is 2.65. The first-order valence-electron chi connectivity index (χ1n) is 11.0. The van der Waals surface area contributed by atoms with Crippen molar-refractivity contribution < 1.29 is 23.8 Å². The fraction of sp³-hybridized carbons (Fsp3) is 0.542. The predicted octanol–water partition coefficient (Wildman–Crippen LogP) is 4.72. The van der Waals surface area contributed by atoms with E-state index < -0.39 is 29.1 Å². The van der Waals surface area contributed by atoms with E-state index in [1.54, 1.807) is 0 Å². The Bertz CT molecular complexity index is 1010. The summed E-state index contributed by atoms with van der Waals surface area (Å²) in [4.78, 5) is 30.3. The number of aromatic nitrogens is 1. The van der Waals surface area contributed by atoms with Crippen LogP contribution in [0.15, 0.2) is 29.6 Å². The second-order valence-electron chi connectivity index (χ2n) is 9.35. The third-order valence-electron chi connectivity index (χ3n) is 6.16. The Kier molecular flexibility index (Phi) is 6.27. The van der Waals surface area contributed by atoms with Crippen molar-refractivity contribution in [1.29, 1.82) is 0 Å². The third-order valence-corrected chi connectivity index (χ3v) is 6.92. The quantitative estimate of drug-likeness (QED) is 0.348. The molecule has 2 saturated heterocycles. The Balaban J connectivity index is 1.44. The van der Waals surface area contributed by atoms with Crippen molar-refractivity contribution in [2.24, 2.45) is 11.3 Å². The summed E-state index contributed by atoms with van der Waals surface area (Å²) in [6, 6.07) is 7.95. The maximum Gasteiger partial charge on any atom is 0.324 e. The molecule has 3 atom stereocenters. The van der Waals surface area contributed by atoms with Gasteiger partial charge in [0.1, 0.15) is 6.10 Å². The van der Waals surface area contributed by atoms with E-state index in [1.165, 1.54) is 11.3 Å². The number of benzene rings is 1. The maximum atomic E-state index is 12.9. The van der Waals surface area contributed by atoms with Crippen molar-refractivity contribution >= 4 is 34.1 Å². The van der Waals surface area contributed by atoms with Gasteiger partial charge in [0.05, 0.1) is 12.3 Å². The van der Waals surface area contributed by atoms with Gasteiger partial charge in [-0.05, 0) is 37.8 Å². The number of nitrogens with zero attached hydrogens (tertiary/aromatic N) is 1. The van der Waals surface area contributed by atoms with Crippen LogP contribution in [0.4, 0.5) is 10.8 Å². The molecule has 0 radical (unpaired) electrons. The fourth-order valence-corrected chi connectivity index (χ4v) is 5.09. The Morgan fingerprint density at radius 2 is 2.06 bits per heavy atom. The lowest BCUT2D eigenvalue weighted by Gasteiger charge is -2.20. The van der Waals surface area contributed by atoms with Gasteiger partial charge in [-0.2, -0.15) is 0 Å². The van der Waals surface area contributed by atoms with Crippen LogP contribution < -0.4 is 5.32 Å². The molecule has 3 heterocycles. The van der Waals surface area contributed by atoms with E-state index in [-0.39, 0.29) is 12.8 Å². The molecular formula is C24H30N2O5S.